The lowest BCUT2D eigenvalue weighted by Crippen LogP contribution is -2.27. The van der Waals surface area contributed by atoms with E-state index in [1.807, 2.05) is 6.92 Å². The quantitative estimate of drug-likeness (QED) is 0.289. The van der Waals surface area contributed by atoms with Gasteiger partial charge in [0.05, 0.1) is 9.83 Å². The van der Waals surface area contributed by atoms with Crippen molar-refractivity contribution >= 4 is 57.6 Å². The Hall–Kier alpha value is -2.36. The summed E-state index contributed by atoms with van der Waals surface area (Å²) >= 11 is 12.2. The number of thioether (sulfide) groups is 1. The van der Waals surface area contributed by atoms with E-state index in [4.69, 9.17) is 33.0 Å². The Kier molecular flexibility index (Phi) is 5.83. The molecule has 140 valence electrons. The van der Waals surface area contributed by atoms with Crippen molar-refractivity contribution in [3.05, 3.63) is 61.9 Å². The maximum atomic E-state index is 12.2. The summed E-state index contributed by atoms with van der Waals surface area (Å²) in [6.45, 7) is 2.36. The number of carbonyl (C=O) groups is 1. The lowest BCUT2D eigenvalue weighted by atomic mass is 10.3. The van der Waals surface area contributed by atoms with Crippen molar-refractivity contribution in [2.24, 2.45) is 0 Å². The average Bonchev–Trinajstić information content (AvgIpc) is 3.18. The molecule has 1 aromatic heterocycles. The molecule has 0 unspecified atom stereocenters. The first-order chi connectivity index (χ1) is 12.9. The number of nitrogens with zero attached hydrogens (tertiary/aromatic N) is 2. The number of likely N-dealkylation sites (N-methyl/N-ethyl adjacent to an activating group) is 1. The summed E-state index contributed by atoms with van der Waals surface area (Å²) in [5.41, 5.74) is -0.225. The molecule has 1 fully saturated rings. The highest BCUT2D eigenvalue weighted by molar-refractivity contribution is 8.26. The van der Waals surface area contributed by atoms with Crippen LogP contribution in [-0.4, -0.2) is 26.6 Å². The van der Waals surface area contributed by atoms with Gasteiger partial charge >= 0.3 is 5.69 Å². The minimum Gasteiger partial charge on any atom is -0.479 e. The molecule has 0 atom stereocenters. The molecule has 0 saturated carbocycles. The fraction of sp³-hybridized carbons (Fsp3) is 0.176. The van der Waals surface area contributed by atoms with E-state index < -0.39 is 4.92 Å². The summed E-state index contributed by atoms with van der Waals surface area (Å²) in [6.07, 6.45) is 1.61. The molecule has 0 bridgehead atoms. The molecule has 7 nitrogen and oxygen atoms in total. The van der Waals surface area contributed by atoms with Crippen LogP contribution in [0.15, 0.2) is 39.7 Å². The molecule has 27 heavy (non-hydrogen) atoms. The molecule has 1 saturated heterocycles. The van der Waals surface area contributed by atoms with Crippen LogP contribution in [0.25, 0.3) is 6.08 Å². The lowest BCUT2D eigenvalue weighted by Gasteiger charge is -2.09. The van der Waals surface area contributed by atoms with Crippen molar-refractivity contribution in [1.82, 2.24) is 4.90 Å². The number of amides is 1. The first-order valence-electron chi connectivity index (χ1n) is 7.80. The van der Waals surface area contributed by atoms with Crippen LogP contribution in [0, 0.1) is 10.1 Å². The normalized spacial score (nSPS) is 15.6. The van der Waals surface area contributed by atoms with E-state index >= 15 is 0 Å². The third-order valence-corrected chi connectivity index (χ3v) is 5.25. The van der Waals surface area contributed by atoms with Gasteiger partial charge in [-0.05, 0) is 31.2 Å². The van der Waals surface area contributed by atoms with E-state index in [-0.39, 0.29) is 29.0 Å². The van der Waals surface area contributed by atoms with E-state index in [1.54, 1.807) is 18.2 Å². The monoisotopic (exact) mass is 424 g/mol. The molecule has 10 heteroatoms. The van der Waals surface area contributed by atoms with Gasteiger partial charge in [-0.15, -0.1) is 0 Å². The van der Waals surface area contributed by atoms with E-state index in [0.717, 1.165) is 0 Å². The topological polar surface area (TPSA) is 85.8 Å². The Morgan fingerprint density at radius 1 is 1.41 bits per heavy atom. The number of thiocarbonyl (C=S) groups is 1. The molecule has 0 aliphatic carbocycles. The second kappa shape index (κ2) is 8.12. The molecular weight excluding hydrogens is 412 g/mol. The molecule has 0 radical (unpaired) electrons. The second-order valence-electron chi connectivity index (χ2n) is 5.39. The standard InChI is InChI=1S/C17H13ClN2O5S2/c1-2-19-16(21)15(27-17(19)26)8-11-4-5-12(25-11)9-24-14-6-3-10(18)7-13(14)20(22)23/h3-8H,2,9H2,1H3/b15-8+. The first-order valence-corrected chi connectivity index (χ1v) is 9.40. The number of halogens is 1. The van der Waals surface area contributed by atoms with Crippen LogP contribution in [0.4, 0.5) is 5.69 Å². The number of benzene rings is 1. The highest BCUT2D eigenvalue weighted by atomic mass is 35.5. The number of nitro benzene ring substituents is 1. The van der Waals surface area contributed by atoms with Crippen molar-refractivity contribution in [2.75, 3.05) is 6.54 Å². The molecule has 1 aromatic carbocycles. The van der Waals surface area contributed by atoms with Crippen LogP contribution in [-0.2, 0) is 11.4 Å². The third kappa shape index (κ3) is 4.32. The SMILES string of the molecule is CCN1C(=O)/C(=C\c2ccc(COc3ccc(Cl)cc3[N+](=O)[O-])o2)SC1=S. The summed E-state index contributed by atoms with van der Waals surface area (Å²) < 4.78 is 11.6. The van der Waals surface area contributed by atoms with Crippen molar-refractivity contribution < 1.29 is 18.9 Å². The predicted molar refractivity (Wildman–Crippen MR) is 107 cm³/mol. The van der Waals surface area contributed by atoms with Crippen LogP contribution >= 0.6 is 35.6 Å². The Morgan fingerprint density at radius 2 is 2.19 bits per heavy atom. The Bertz CT molecular complexity index is 957. The van der Waals surface area contributed by atoms with Gasteiger partial charge in [0, 0.05) is 23.7 Å². The zero-order valence-electron chi connectivity index (χ0n) is 14.0. The van der Waals surface area contributed by atoms with Gasteiger partial charge in [0.1, 0.15) is 22.4 Å². The van der Waals surface area contributed by atoms with E-state index in [1.165, 1.54) is 34.9 Å². The van der Waals surface area contributed by atoms with E-state index in [2.05, 4.69) is 0 Å². The Morgan fingerprint density at radius 3 is 2.85 bits per heavy atom. The van der Waals surface area contributed by atoms with Crippen LogP contribution in [0.2, 0.25) is 5.02 Å². The van der Waals surface area contributed by atoms with E-state index in [0.29, 0.717) is 27.3 Å². The molecule has 2 heterocycles. The number of hydrogen-bond acceptors (Lipinski definition) is 7. The summed E-state index contributed by atoms with van der Waals surface area (Å²) in [4.78, 5) is 24.7. The Labute approximate surface area is 169 Å². The van der Waals surface area contributed by atoms with Gasteiger partial charge in [-0.2, -0.15) is 0 Å². The highest BCUT2D eigenvalue weighted by Crippen LogP contribution is 2.33. The van der Waals surface area contributed by atoms with Gasteiger partial charge in [-0.25, -0.2) is 0 Å². The van der Waals surface area contributed by atoms with Crippen molar-refractivity contribution in [3.8, 4) is 5.75 Å². The molecule has 3 rings (SSSR count). The number of furan rings is 1. The molecular formula is C17H13ClN2O5S2. The highest BCUT2D eigenvalue weighted by Gasteiger charge is 2.30. The van der Waals surface area contributed by atoms with Crippen molar-refractivity contribution in [1.29, 1.82) is 0 Å². The van der Waals surface area contributed by atoms with Gasteiger partial charge in [0.25, 0.3) is 5.91 Å². The molecule has 1 aliphatic rings. The van der Waals surface area contributed by atoms with Crippen LogP contribution < -0.4 is 4.74 Å². The molecule has 1 amide bonds. The molecule has 0 N–H and O–H groups in total. The fourth-order valence-corrected chi connectivity index (χ4v) is 3.89. The van der Waals surface area contributed by atoms with Gasteiger partial charge < -0.3 is 9.15 Å². The second-order valence-corrected chi connectivity index (χ2v) is 7.50. The molecule has 2 aromatic rings. The minimum atomic E-state index is -0.565. The summed E-state index contributed by atoms with van der Waals surface area (Å²) in [5.74, 6) is 0.858. The van der Waals surface area contributed by atoms with Gasteiger partial charge in [-0.3, -0.25) is 19.8 Å². The lowest BCUT2D eigenvalue weighted by molar-refractivity contribution is -0.385. The number of rotatable bonds is 6. The largest absolute Gasteiger partial charge is 0.479 e. The minimum absolute atomic E-state index is 0.00771. The summed E-state index contributed by atoms with van der Waals surface area (Å²) in [6, 6.07) is 7.52. The van der Waals surface area contributed by atoms with Crippen molar-refractivity contribution in [2.45, 2.75) is 13.5 Å². The maximum absolute atomic E-state index is 12.2. The van der Waals surface area contributed by atoms with Crippen LogP contribution in [0.3, 0.4) is 0 Å². The fourth-order valence-electron chi connectivity index (χ4n) is 2.36. The van der Waals surface area contributed by atoms with E-state index in [9.17, 15) is 14.9 Å². The third-order valence-electron chi connectivity index (χ3n) is 3.63. The summed E-state index contributed by atoms with van der Waals surface area (Å²) in [5, 5.41) is 11.3. The zero-order valence-corrected chi connectivity index (χ0v) is 16.4. The first kappa shape index (κ1) is 19.4. The molecule has 1 aliphatic heterocycles. The van der Waals surface area contributed by atoms with Gasteiger partial charge in [0.2, 0.25) is 0 Å². The zero-order chi connectivity index (χ0) is 19.6. The number of hydrogen-bond donors (Lipinski definition) is 0. The number of ether oxygens (including phenoxy) is 1. The van der Waals surface area contributed by atoms with Crippen LogP contribution in [0.5, 0.6) is 5.75 Å². The van der Waals surface area contributed by atoms with Gasteiger partial charge in [0.15, 0.2) is 5.75 Å². The number of nitro groups is 1. The van der Waals surface area contributed by atoms with Crippen LogP contribution in [0.1, 0.15) is 18.4 Å². The maximum Gasteiger partial charge on any atom is 0.312 e. The number of carbonyl (C=O) groups excluding carboxylic acids is 1. The van der Waals surface area contributed by atoms with Gasteiger partial charge in [-0.1, -0.05) is 35.6 Å². The Balaban J connectivity index is 1.71. The predicted octanol–water partition coefficient (Wildman–Crippen LogP) is 4.64. The average molecular weight is 425 g/mol. The smallest absolute Gasteiger partial charge is 0.312 e. The summed E-state index contributed by atoms with van der Waals surface area (Å²) in [7, 11) is 0. The van der Waals surface area contributed by atoms with Crippen molar-refractivity contribution in [3.63, 3.8) is 0 Å². The molecule has 0 spiro atoms.